The normalized spacial score (nSPS) is 23.3. The Bertz CT molecular complexity index is 807. The van der Waals surface area contributed by atoms with E-state index in [0.717, 1.165) is 30.4 Å². The first-order valence-corrected chi connectivity index (χ1v) is 11.9. The molecule has 1 aliphatic carbocycles. The second-order valence-corrected chi connectivity index (χ2v) is 10.7. The monoisotopic (exact) mass is 443 g/mol. The Hall–Kier alpha value is -2.30. The van der Waals surface area contributed by atoms with Gasteiger partial charge in [0.05, 0.1) is 6.04 Å². The van der Waals surface area contributed by atoms with Crippen molar-refractivity contribution in [2.45, 2.75) is 85.8 Å². The van der Waals surface area contributed by atoms with E-state index in [0.29, 0.717) is 29.7 Å². The fourth-order valence-corrected chi connectivity index (χ4v) is 5.02. The highest BCUT2D eigenvalue weighted by Crippen LogP contribution is 2.44. The molecule has 1 fully saturated rings. The largest absolute Gasteiger partial charge is 0.478 e. The minimum atomic E-state index is -0.926. The quantitative estimate of drug-likeness (QED) is 0.490. The molecule has 5 nitrogen and oxygen atoms in total. The zero-order valence-electron chi connectivity index (χ0n) is 20.8. The van der Waals surface area contributed by atoms with Gasteiger partial charge in [-0.2, -0.15) is 0 Å². The van der Waals surface area contributed by atoms with Crippen LogP contribution in [0.4, 0.5) is 4.79 Å². The number of alkyl carbamates (subject to hydrolysis) is 1. The highest BCUT2D eigenvalue weighted by Gasteiger charge is 2.38. The Morgan fingerprint density at radius 3 is 2.31 bits per heavy atom. The molecule has 0 heterocycles. The zero-order chi connectivity index (χ0) is 24.1. The van der Waals surface area contributed by atoms with Crippen LogP contribution in [0, 0.1) is 23.7 Å². The van der Waals surface area contributed by atoms with Crippen LogP contribution >= 0.6 is 0 Å². The van der Waals surface area contributed by atoms with Crippen molar-refractivity contribution in [2.75, 3.05) is 0 Å². The number of benzene rings is 1. The van der Waals surface area contributed by atoms with Crippen LogP contribution < -0.4 is 5.32 Å². The van der Waals surface area contributed by atoms with Gasteiger partial charge in [0, 0.05) is 5.57 Å². The van der Waals surface area contributed by atoms with Crippen LogP contribution in [0.5, 0.6) is 0 Å². The molecule has 4 atom stereocenters. The second kappa shape index (κ2) is 11.0. The van der Waals surface area contributed by atoms with Crippen molar-refractivity contribution in [2.24, 2.45) is 23.7 Å². The molecular weight excluding hydrogens is 402 g/mol. The Balaban J connectivity index is 2.54. The van der Waals surface area contributed by atoms with Crippen molar-refractivity contribution in [3.05, 3.63) is 47.0 Å². The van der Waals surface area contributed by atoms with E-state index in [1.165, 1.54) is 0 Å². The summed E-state index contributed by atoms with van der Waals surface area (Å²) in [7, 11) is 0. The molecule has 32 heavy (non-hydrogen) atoms. The highest BCUT2D eigenvalue weighted by molar-refractivity contribution is 5.87. The average Bonchev–Trinajstić information content (AvgIpc) is 2.67. The van der Waals surface area contributed by atoms with E-state index in [4.69, 9.17) is 4.74 Å². The minimum absolute atomic E-state index is 0.110. The van der Waals surface area contributed by atoms with Gasteiger partial charge in [0.15, 0.2) is 0 Å². The Labute approximate surface area is 193 Å². The van der Waals surface area contributed by atoms with Crippen LogP contribution in [-0.4, -0.2) is 28.8 Å². The summed E-state index contributed by atoms with van der Waals surface area (Å²) >= 11 is 0. The van der Waals surface area contributed by atoms with E-state index < -0.39 is 23.7 Å². The molecule has 0 aliphatic heterocycles. The van der Waals surface area contributed by atoms with Crippen molar-refractivity contribution in [1.82, 2.24) is 5.32 Å². The van der Waals surface area contributed by atoms with Gasteiger partial charge < -0.3 is 15.2 Å². The number of aliphatic carboxylic acids is 1. The summed E-state index contributed by atoms with van der Waals surface area (Å²) in [6.45, 7) is 13.8. The van der Waals surface area contributed by atoms with Gasteiger partial charge in [-0.15, -0.1) is 0 Å². The van der Waals surface area contributed by atoms with Gasteiger partial charge in [-0.3, -0.25) is 0 Å². The van der Waals surface area contributed by atoms with Gasteiger partial charge in [-0.05, 0) is 81.8 Å². The number of amides is 1. The third-order valence-corrected chi connectivity index (χ3v) is 6.52. The molecule has 0 aromatic heterocycles. The van der Waals surface area contributed by atoms with Crippen LogP contribution in [-0.2, 0) is 16.0 Å². The number of carbonyl (C=O) groups excluding carboxylic acids is 1. The first-order chi connectivity index (χ1) is 14.9. The van der Waals surface area contributed by atoms with E-state index in [9.17, 15) is 14.7 Å². The van der Waals surface area contributed by atoms with Gasteiger partial charge in [0.25, 0.3) is 0 Å². The highest BCUT2D eigenvalue weighted by atomic mass is 16.6. The van der Waals surface area contributed by atoms with Crippen LogP contribution in [0.3, 0.4) is 0 Å². The topological polar surface area (TPSA) is 75.6 Å². The lowest BCUT2D eigenvalue weighted by Crippen LogP contribution is -2.45. The lowest BCUT2D eigenvalue weighted by molar-refractivity contribution is -0.132. The number of hydrogen-bond donors (Lipinski definition) is 2. The van der Waals surface area contributed by atoms with Crippen LogP contribution in [0.2, 0.25) is 0 Å². The summed E-state index contributed by atoms with van der Waals surface area (Å²) in [6.07, 6.45) is 3.17. The molecule has 1 aromatic carbocycles. The third kappa shape index (κ3) is 7.39. The first kappa shape index (κ1) is 26.0. The van der Waals surface area contributed by atoms with Gasteiger partial charge in [-0.25, -0.2) is 9.59 Å². The van der Waals surface area contributed by atoms with Gasteiger partial charge in [0.1, 0.15) is 5.60 Å². The van der Waals surface area contributed by atoms with E-state index in [1.807, 2.05) is 51.1 Å². The Morgan fingerprint density at radius 1 is 1.16 bits per heavy atom. The number of nitrogens with one attached hydrogen (secondary N) is 1. The number of ether oxygens (including phenoxy) is 1. The number of carbonyl (C=O) groups is 2. The van der Waals surface area contributed by atoms with Gasteiger partial charge >= 0.3 is 12.1 Å². The predicted octanol–water partition coefficient (Wildman–Crippen LogP) is 6.23. The maximum absolute atomic E-state index is 12.8. The van der Waals surface area contributed by atoms with E-state index in [2.05, 4.69) is 26.1 Å². The summed E-state index contributed by atoms with van der Waals surface area (Å²) in [5, 5.41) is 13.1. The summed E-state index contributed by atoms with van der Waals surface area (Å²) in [6, 6.07) is 9.47. The van der Waals surface area contributed by atoms with Crippen molar-refractivity contribution in [3.63, 3.8) is 0 Å². The van der Waals surface area contributed by atoms with E-state index >= 15 is 0 Å². The molecule has 1 amide bonds. The summed E-state index contributed by atoms with van der Waals surface area (Å²) in [5.41, 5.74) is 1.60. The summed E-state index contributed by atoms with van der Waals surface area (Å²) in [4.78, 5) is 25.0. The van der Waals surface area contributed by atoms with Crippen molar-refractivity contribution in [3.8, 4) is 0 Å². The summed E-state index contributed by atoms with van der Waals surface area (Å²) < 4.78 is 5.56. The molecule has 2 rings (SSSR count). The molecule has 0 unspecified atom stereocenters. The van der Waals surface area contributed by atoms with Crippen molar-refractivity contribution in [1.29, 1.82) is 0 Å². The number of carboxylic acid groups (broad SMARTS) is 1. The van der Waals surface area contributed by atoms with Gasteiger partial charge in [0.2, 0.25) is 0 Å². The molecule has 5 heteroatoms. The van der Waals surface area contributed by atoms with E-state index in [-0.39, 0.29) is 5.92 Å². The molecule has 1 aliphatic rings. The summed E-state index contributed by atoms with van der Waals surface area (Å²) in [5.74, 6) is 0.519. The maximum atomic E-state index is 12.8. The smallest absolute Gasteiger partial charge is 0.408 e. The SMILES string of the molecule is CC(C(=O)O)=C([C@H](Cc1ccccc1)NC(=O)OC(C)(C)C)[C@@H]1C[C@H](C)CC[C@H]1C(C)C. The maximum Gasteiger partial charge on any atom is 0.408 e. The van der Waals surface area contributed by atoms with Gasteiger partial charge in [-0.1, -0.05) is 57.5 Å². The van der Waals surface area contributed by atoms with Crippen LogP contribution in [0.15, 0.2) is 41.5 Å². The molecule has 1 aromatic rings. The fraction of sp³-hybridized carbons (Fsp3) is 0.630. The first-order valence-electron chi connectivity index (χ1n) is 11.9. The lowest BCUT2D eigenvalue weighted by atomic mass is 9.65. The number of carboxylic acids is 1. The Kier molecular flexibility index (Phi) is 8.94. The second-order valence-electron chi connectivity index (χ2n) is 10.7. The molecule has 0 spiro atoms. The van der Waals surface area contributed by atoms with Crippen LogP contribution in [0.25, 0.3) is 0 Å². The number of hydrogen-bond acceptors (Lipinski definition) is 3. The fourth-order valence-electron chi connectivity index (χ4n) is 5.02. The lowest BCUT2D eigenvalue weighted by Gasteiger charge is -2.42. The zero-order valence-corrected chi connectivity index (χ0v) is 20.8. The number of rotatable bonds is 7. The molecular formula is C27H41NO4. The average molecular weight is 444 g/mol. The molecule has 2 N–H and O–H groups in total. The standard InChI is InChI=1S/C27H41NO4/c1-17(2)21-14-13-18(3)15-22(21)24(19(4)25(29)30)23(16-20-11-9-8-10-12-20)28-26(31)32-27(5,6)7/h8-12,17-18,21-23H,13-16H2,1-7H3,(H,28,31)(H,29,30)/t18-,21+,22-,23+/m1/s1. The predicted molar refractivity (Wildman–Crippen MR) is 128 cm³/mol. The molecule has 0 saturated heterocycles. The third-order valence-electron chi connectivity index (χ3n) is 6.52. The molecule has 178 valence electrons. The van der Waals surface area contributed by atoms with E-state index in [1.54, 1.807) is 6.92 Å². The molecule has 0 radical (unpaired) electrons. The molecule has 1 saturated carbocycles. The molecule has 0 bridgehead atoms. The van der Waals surface area contributed by atoms with Crippen molar-refractivity contribution >= 4 is 12.1 Å². The minimum Gasteiger partial charge on any atom is -0.478 e. The van der Waals surface area contributed by atoms with Crippen molar-refractivity contribution < 1.29 is 19.4 Å². The van der Waals surface area contributed by atoms with Crippen LogP contribution in [0.1, 0.15) is 73.3 Å². The Morgan fingerprint density at radius 2 is 1.78 bits per heavy atom.